The first kappa shape index (κ1) is 35.6. The molecule has 1 heterocycles. The molecule has 45 heavy (non-hydrogen) atoms. The van der Waals surface area contributed by atoms with E-state index in [9.17, 15) is 0 Å². The van der Waals surface area contributed by atoms with Gasteiger partial charge in [-0.25, -0.2) is 0 Å². The Bertz CT molecular complexity index is 1570. The average molecular weight is 686 g/mol. The Hall–Kier alpha value is -2.28. The molecule has 4 aromatic rings. The fraction of sp³-hybridized carbons (Fsp3) is 0.349. The Morgan fingerprint density at radius 2 is 1.42 bits per heavy atom. The van der Waals surface area contributed by atoms with Gasteiger partial charge in [0.2, 0.25) is 0 Å². The molecular weight excluding hydrogens is 636 g/mol. The van der Waals surface area contributed by atoms with E-state index in [4.69, 9.17) is 0 Å². The largest absolute Gasteiger partial charge is 2.00 e. The number of rotatable bonds is 7. The molecule has 4 aromatic carbocycles. The van der Waals surface area contributed by atoms with Gasteiger partial charge in [-0.3, -0.25) is 5.92 Å². The van der Waals surface area contributed by atoms with Gasteiger partial charge in [0.1, 0.15) is 0 Å². The van der Waals surface area contributed by atoms with Crippen LogP contribution in [0.2, 0.25) is 12.1 Å². The van der Waals surface area contributed by atoms with Crippen molar-refractivity contribution in [3.63, 3.8) is 0 Å². The number of allylic oxidation sites excluding steroid dienone is 2. The molecule has 1 aliphatic heterocycles. The molecule has 0 amide bonds. The van der Waals surface area contributed by atoms with Gasteiger partial charge < -0.3 is 6.92 Å². The third-order valence-electron chi connectivity index (χ3n) is 9.38. The molecule has 1 saturated heterocycles. The summed E-state index contributed by atoms with van der Waals surface area (Å²) in [5.74, 6) is 2.46. The van der Waals surface area contributed by atoms with Crippen LogP contribution in [-0.4, -0.2) is 9.52 Å². The Morgan fingerprint density at radius 1 is 0.733 bits per heavy atom. The van der Waals surface area contributed by atoms with Crippen LogP contribution in [-0.2, 0) is 26.2 Å². The first-order valence-corrected chi connectivity index (χ1v) is 18.5. The third kappa shape index (κ3) is 8.00. The van der Waals surface area contributed by atoms with Crippen molar-refractivity contribution in [1.82, 2.24) is 0 Å². The molecule has 0 nitrogen and oxygen atoms in total. The second-order valence-corrected chi connectivity index (χ2v) is 13.9. The van der Waals surface area contributed by atoms with Crippen molar-refractivity contribution in [2.75, 3.05) is 0 Å². The zero-order valence-electron chi connectivity index (χ0n) is 28.0. The van der Waals surface area contributed by atoms with Crippen LogP contribution in [0.1, 0.15) is 107 Å². The number of unbranched alkanes of at least 4 members (excludes halogenated alkanes) is 1. The third-order valence-corrected chi connectivity index (χ3v) is 10.8. The summed E-state index contributed by atoms with van der Waals surface area (Å²) in [6.07, 6.45) is 13.7. The first-order valence-electron chi connectivity index (χ1n) is 17.1. The van der Waals surface area contributed by atoms with Crippen LogP contribution in [0.25, 0.3) is 34.1 Å². The van der Waals surface area contributed by atoms with Crippen molar-refractivity contribution in [2.45, 2.75) is 96.6 Å². The van der Waals surface area contributed by atoms with Gasteiger partial charge in [0.25, 0.3) is 0 Å². The Kier molecular flexibility index (Phi) is 13.9. The second-order valence-electron chi connectivity index (χ2n) is 12.4. The molecule has 2 heteroatoms. The van der Waals surface area contributed by atoms with Gasteiger partial charge in [-0.2, -0.15) is 12.8 Å². The maximum absolute atomic E-state index is 3.60. The van der Waals surface area contributed by atoms with Gasteiger partial charge in [0.05, 0.1) is 0 Å². The molecule has 2 radical (unpaired) electrons. The molecule has 2 unspecified atom stereocenters. The minimum absolute atomic E-state index is 0. The van der Waals surface area contributed by atoms with Crippen molar-refractivity contribution in [3.8, 4) is 11.1 Å². The summed E-state index contributed by atoms with van der Waals surface area (Å²) in [6.45, 7) is 12.7. The van der Waals surface area contributed by atoms with Crippen LogP contribution in [0.5, 0.6) is 0 Å². The fourth-order valence-electron chi connectivity index (χ4n) is 7.22. The van der Waals surface area contributed by atoms with Crippen molar-refractivity contribution in [2.24, 2.45) is 0 Å². The summed E-state index contributed by atoms with van der Waals surface area (Å²) in [7, 11) is 1.31. The van der Waals surface area contributed by atoms with E-state index in [1.165, 1.54) is 97.0 Å². The molecule has 230 valence electrons. The summed E-state index contributed by atoms with van der Waals surface area (Å²) in [5, 5.41) is 2.73. The second kappa shape index (κ2) is 17.6. The van der Waals surface area contributed by atoms with E-state index in [1.807, 2.05) is 0 Å². The van der Waals surface area contributed by atoms with E-state index in [-0.39, 0.29) is 26.2 Å². The molecule has 3 aliphatic rings. The SMILES string of the molecule is C1CC[Si]C1.CCC[C-](C1C(C)=Cc2c(-c3ccccc3)cccc21)C1C(CC)=Cc2c1ccc1ccccc21.[CH2-]CCC.[Zr+2]. The summed E-state index contributed by atoms with van der Waals surface area (Å²) in [5.41, 5.74) is 11.5. The topological polar surface area (TPSA) is 0 Å². The minimum Gasteiger partial charge on any atom is -0.343 e. The van der Waals surface area contributed by atoms with E-state index >= 15 is 0 Å². The molecular formula is C43H50SiZr. The quantitative estimate of drug-likeness (QED) is 0.134. The smallest absolute Gasteiger partial charge is 0.343 e. The van der Waals surface area contributed by atoms with E-state index < -0.39 is 0 Å². The van der Waals surface area contributed by atoms with Gasteiger partial charge in [0, 0.05) is 9.52 Å². The molecule has 2 aliphatic carbocycles. The number of hydrogen-bond acceptors (Lipinski definition) is 0. The Labute approximate surface area is 295 Å². The molecule has 0 bridgehead atoms. The predicted octanol–water partition coefficient (Wildman–Crippen LogP) is 12.9. The van der Waals surface area contributed by atoms with Gasteiger partial charge in [-0.15, -0.1) is 11.8 Å². The van der Waals surface area contributed by atoms with Crippen molar-refractivity contribution in [3.05, 3.63) is 131 Å². The van der Waals surface area contributed by atoms with Crippen LogP contribution >= 0.6 is 0 Å². The van der Waals surface area contributed by atoms with Crippen LogP contribution in [0.4, 0.5) is 0 Å². The molecule has 0 N–H and O–H groups in total. The zero-order chi connectivity index (χ0) is 30.9. The summed E-state index contributed by atoms with van der Waals surface area (Å²) < 4.78 is 0. The Balaban J connectivity index is 0.000000403. The maximum Gasteiger partial charge on any atom is 2.00 e. The summed E-state index contributed by atoms with van der Waals surface area (Å²) in [6, 6.07) is 34.4. The molecule has 2 atom stereocenters. The monoisotopic (exact) mass is 684 g/mol. The fourth-order valence-corrected chi connectivity index (χ4v) is 8.47. The molecule has 1 fully saturated rings. The van der Waals surface area contributed by atoms with Crippen LogP contribution in [0, 0.1) is 12.8 Å². The number of benzene rings is 4. The zero-order valence-corrected chi connectivity index (χ0v) is 31.4. The van der Waals surface area contributed by atoms with Crippen molar-refractivity contribution < 1.29 is 26.2 Å². The van der Waals surface area contributed by atoms with Crippen LogP contribution < -0.4 is 0 Å². The van der Waals surface area contributed by atoms with E-state index in [0.717, 1.165) is 19.3 Å². The van der Waals surface area contributed by atoms with Gasteiger partial charge in [-0.1, -0.05) is 178 Å². The molecule has 0 saturated carbocycles. The predicted molar refractivity (Wildman–Crippen MR) is 196 cm³/mol. The molecule has 0 spiro atoms. The normalized spacial score (nSPS) is 17.7. The molecule has 7 rings (SSSR count). The Morgan fingerprint density at radius 3 is 2.07 bits per heavy atom. The van der Waals surface area contributed by atoms with E-state index in [1.54, 1.807) is 11.5 Å². The standard InChI is InChI=1S/C35H33.C4H8Si.C4H9.Zr/c1-4-12-31(35-24(5-2)22-33-27-16-10-9-15-26(27)19-20-30(33)35)34-23(3)21-32-28(17-11-18-29(32)34)25-13-7-6-8-14-25;1-2-4-5-3-1;1-3-4-2;/h6-11,13-22,34-35H,4-5,12H2,1-3H3;1-4H2;1,3-4H2,2H3;/q-1;;-1;+2. The van der Waals surface area contributed by atoms with E-state index in [0.29, 0.717) is 11.8 Å². The van der Waals surface area contributed by atoms with Crippen LogP contribution in [0.15, 0.2) is 96.1 Å². The first-order chi connectivity index (χ1) is 21.6. The van der Waals surface area contributed by atoms with Crippen molar-refractivity contribution in [1.29, 1.82) is 0 Å². The number of fused-ring (bicyclic) bond motifs is 4. The minimum atomic E-state index is 0. The van der Waals surface area contributed by atoms with Gasteiger partial charge in [-0.05, 0) is 46.4 Å². The van der Waals surface area contributed by atoms with E-state index in [2.05, 4.69) is 132 Å². The molecule has 0 aromatic heterocycles. The maximum atomic E-state index is 3.60. The number of hydrogen-bond donors (Lipinski definition) is 0. The van der Waals surface area contributed by atoms with Gasteiger partial charge >= 0.3 is 26.2 Å². The van der Waals surface area contributed by atoms with Crippen molar-refractivity contribution >= 4 is 32.4 Å². The summed E-state index contributed by atoms with van der Waals surface area (Å²) in [4.78, 5) is 0. The van der Waals surface area contributed by atoms with Crippen LogP contribution in [0.3, 0.4) is 0 Å². The van der Waals surface area contributed by atoms with Gasteiger partial charge in [0.15, 0.2) is 0 Å². The summed E-state index contributed by atoms with van der Waals surface area (Å²) >= 11 is 0. The average Bonchev–Trinajstić information content (AvgIpc) is 3.84.